The molecule has 2 rings (SSSR count). The highest BCUT2D eigenvalue weighted by Crippen LogP contribution is 2.29. The molecule has 0 radical (unpaired) electrons. The van der Waals surface area contributed by atoms with Crippen molar-refractivity contribution in [3.8, 4) is 0 Å². The van der Waals surface area contributed by atoms with E-state index in [0.717, 1.165) is 12.2 Å². The van der Waals surface area contributed by atoms with Crippen LogP contribution >= 0.6 is 34.8 Å². The van der Waals surface area contributed by atoms with Crippen molar-refractivity contribution in [1.82, 2.24) is 0 Å². The fourth-order valence-corrected chi connectivity index (χ4v) is 2.56. The first-order valence-electron chi connectivity index (χ1n) is 6.63. The molecule has 0 saturated carbocycles. The van der Waals surface area contributed by atoms with Crippen molar-refractivity contribution < 1.29 is 4.79 Å². The van der Waals surface area contributed by atoms with E-state index in [1.807, 2.05) is 24.3 Å². The maximum Gasteiger partial charge on any atom is 0.276 e. The number of halogens is 3. The van der Waals surface area contributed by atoms with Crippen LogP contribution in [0.5, 0.6) is 0 Å². The standard InChI is InChI=1S/C14H17Cl3N2O/c1-10-4-2-3-9-19(10)12-7-5-11(6-8-12)18-13(20)14(15,16)17/h5-8,10H,2-4,9H2,1H3,(H,18,20). The van der Waals surface area contributed by atoms with Crippen molar-refractivity contribution in [3.05, 3.63) is 24.3 Å². The maximum absolute atomic E-state index is 11.6. The van der Waals surface area contributed by atoms with Crippen LogP contribution in [0.15, 0.2) is 24.3 Å². The van der Waals surface area contributed by atoms with Crippen LogP contribution < -0.4 is 10.2 Å². The lowest BCUT2D eigenvalue weighted by Gasteiger charge is -2.35. The van der Waals surface area contributed by atoms with Crippen LogP contribution in [-0.2, 0) is 4.79 Å². The lowest BCUT2D eigenvalue weighted by molar-refractivity contribution is -0.115. The Hall–Kier alpha value is -0.640. The zero-order valence-electron chi connectivity index (χ0n) is 11.2. The van der Waals surface area contributed by atoms with E-state index in [9.17, 15) is 4.79 Å². The van der Waals surface area contributed by atoms with E-state index in [0.29, 0.717) is 11.7 Å². The van der Waals surface area contributed by atoms with Crippen LogP contribution in [0, 0.1) is 0 Å². The van der Waals surface area contributed by atoms with E-state index >= 15 is 0 Å². The number of alkyl halides is 3. The molecule has 3 nitrogen and oxygen atoms in total. The fraction of sp³-hybridized carbons (Fsp3) is 0.500. The summed E-state index contributed by atoms with van der Waals surface area (Å²) in [5.41, 5.74) is 1.78. The topological polar surface area (TPSA) is 32.3 Å². The van der Waals surface area contributed by atoms with Gasteiger partial charge in [0, 0.05) is 24.0 Å². The lowest BCUT2D eigenvalue weighted by Crippen LogP contribution is -2.37. The Kier molecular flexibility index (Phi) is 5.05. The smallest absolute Gasteiger partial charge is 0.276 e. The van der Waals surface area contributed by atoms with Crippen molar-refractivity contribution in [1.29, 1.82) is 0 Å². The number of anilines is 2. The molecule has 0 aromatic heterocycles. The summed E-state index contributed by atoms with van der Waals surface area (Å²) < 4.78 is -1.94. The number of hydrogen-bond donors (Lipinski definition) is 1. The number of carbonyl (C=O) groups excluding carboxylic acids is 1. The van der Waals surface area contributed by atoms with E-state index in [2.05, 4.69) is 17.1 Å². The molecule has 1 atom stereocenters. The van der Waals surface area contributed by atoms with Gasteiger partial charge in [0.25, 0.3) is 9.70 Å². The van der Waals surface area contributed by atoms with Crippen LogP contribution in [0.3, 0.4) is 0 Å². The molecule has 1 saturated heterocycles. The molecule has 0 aliphatic carbocycles. The Bertz CT molecular complexity index is 470. The minimum Gasteiger partial charge on any atom is -0.369 e. The Labute approximate surface area is 134 Å². The first-order valence-corrected chi connectivity index (χ1v) is 7.76. The largest absolute Gasteiger partial charge is 0.369 e. The molecule has 0 spiro atoms. The molecule has 1 aliphatic rings. The van der Waals surface area contributed by atoms with Crippen LogP contribution in [0.4, 0.5) is 11.4 Å². The number of rotatable bonds is 2. The number of hydrogen-bond acceptors (Lipinski definition) is 2. The van der Waals surface area contributed by atoms with E-state index < -0.39 is 9.70 Å². The summed E-state index contributed by atoms with van der Waals surface area (Å²) in [7, 11) is 0. The lowest BCUT2D eigenvalue weighted by atomic mass is 10.0. The second kappa shape index (κ2) is 6.42. The van der Waals surface area contributed by atoms with E-state index in [1.165, 1.54) is 19.3 Å². The number of carbonyl (C=O) groups is 1. The summed E-state index contributed by atoms with van der Waals surface area (Å²) in [4.78, 5) is 13.9. The highest BCUT2D eigenvalue weighted by atomic mass is 35.6. The molecule has 110 valence electrons. The van der Waals surface area contributed by atoms with Crippen LogP contribution in [-0.4, -0.2) is 22.3 Å². The van der Waals surface area contributed by atoms with Gasteiger partial charge in [0.05, 0.1) is 0 Å². The predicted molar refractivity (Wildman–Crippen MR) is 86.0 cm³/mol. The number of piperidine rings is 1. The minimum absolute atomic E-state index is 0.547. The molecule has 1 aliphatic heterocycles. The summed E-state index contributed by atoms with van der Waals surface area (Å²) in [6, 6.07) is 8.16. The van der Waals surface area contributed by atoms with E-state index in [4.69, 9.17) is 34.8 Å². The average molecular weight is 336 g/mol. The molecule has 1 fully saturated rings. The summed E-state index contributed by atoms with van der Waals surface area (Å²) in [5.74, 6) is -0.651. The molecule has 1 aromatic carbocycles. The van der Waals surface area contributed by atoms with Gasteiger partial charge in [-0.25, -0.2) is 0 Å². The van der Waals surface area contributed by atoms with Gasteiger partial charge in [0.1, 0.15) is 0 Å². The first kappa shape index (κ1) is 15.7. The van der Waals surface area contributed by atoms with Crippen molar-refractivity contribution in [2.75, 3.05) is 16.8 Å². The molecule has 6 heteroatoms. The summed E-state index contributed by atoms with van der Waals surface area (Å²) in [5, 5.41) is 2.57. The Morgan fingerprint density at radius 1 is 1.25 bits per heavy atom. The van der Waals surface area contributed by atoms with Gasteiger partial charge in [0.15, 0.2) is 0 Å². The summed E-state index contributed by atoms with van der Waals surface area (Å²) in [6.07, 6.45) is 3.72. The van der Waals surface area contributed by atoms with E-state index in [-0.39, 0.29) is 0 Å². The third kappa shape index (κ3) is 3.94. The second-order valence-corrected chi connectivity index (χ2v) is 7.32. The molecule has 20 heavy (non-hydrogen) atoms. The average Bonchev–Trinajstić information content (AvgIpc) is 2.39. The van der Waals surface area contributed by atoms with Crippen LogP contribution in [0.1, 0.15) is 26.2 Å². The van der Waals surface area contributed by atoms with Crippen LogP contribution in [0.25, 0.3) is 0 Å². The van der Waals surface area contributed by atoms with Gasteiger partial charge in [-0.1, -0.05) is 34.8 Å². The zero-order valence-corrected chi connectivity index (χ0v) is 13.5. The van der Waals surface area contributed by atoms with Crippen molar-refractivity contribution in [2.24, 2.45) is 0 Å². The molecule has 1 aromatic rings. The predicted octanol–water partition coefficient (Wildman–Crippen LogP) is 4.37. The Morgan fingerprint density at radius 2 is 1.90 bits per heavy atom. The summed E-state index contributed by atoms with van der Waals surface area (Å²) >= 11 is 16.5. The number of benzene rings is 1. The molecule has 1 amide bonds. The van der Waals surface area contributed by atoms with Crippen LogP contribution in [0.2, 0.25) is 0 Å². The van der Waals surface area contributed by atoms with Gasteiger partial charge >= 0.3 is 0 Å². The quantitative estimate of drug-likeness (QED) is 0.814. The van der Waals surface area contributed by atoms with Gasteiger partial charge < -0.3 is 10.2 Å². The van der Waals surface area contributed by atoms with E-state index in [1.54, 1.807) is 0 Å². The third-order valence-electron chi connectivity index (χ3n) is 3.52. The second-order valence-electron chi connectivity index (χ2n) is 5.04. The molecule has 0 bridgehead atoms. The van der Waals surface area contributed by atoms with Crippen molar-refractivity contribution >= 4 is 52.1 Å². The molecule has 1 heterocycles. The van der Waals surface area contributed by atoms with Crippen molar-refractivity contribution in [3.63, 3.8) is 0 Å². The normalized spacial score (nSPS) is 19.8. The highest BCUT2D eigenvalue weighted by molar-refractivity contribution is 6.76. The van der Waals surface area contributed by atoms with Gasteiger partial charge in [-0.05, 0) is 50.5 Å². The molecule has 1 N–H and O–H groups in total. The first-order chi connectivity index (χ1) is 9.38. The Balaban J connectivity index is 2.04. The SMILES string of the molecule is CC1CCCCN1c1ccc(NC(=O)C(Cl)(Cl)Cl)cc1. The molecular weight excluding hydrogens is 319 g/mol. The van der Waals surface area contributed by atoms with Gasteiger partial charge in [-0.15, -0.1) is 0 Å². The number of nitrogens with zero attached hydrogens (tertiary/aromatic N) is 1. The third-order valence-corrected chi connectivity index (χ3v) is 4.03. The zero-order chi connectivity index (χ0) is 14.8. The van der Waals surface area contributed by atoms with Gasteiger partial charge in [-0.3, -0.25) is 4.79 Å². The van der Waals surface area contributed by atoms with Crippen molar-refractivity contribution in [2.45, 2.75) is 36.0 Å². The maximum atomic E-state index is 11.6. The fourth-order valence-electron chi connectivity index (χ4n) is 2.42. The molecule has 1 unspecified atom stereocenters. The number of amides is 1. The van der Waals surface area contributed by atoms with Gasteiger partial charge in [-0.2, -0.15) is 0 Å². The number of nitrogens with one attached hydrogen (secondary N) is 1. The summed E-state index contributed by atoms with van der Waals surface area (Å²) in [6.45, 7) is 3.30. The molecular formula is C14H17Cl3N2O. The minimum atomic E-state index is -1.94. The monoisotopic (exact) mass is 334 g/mol. The highest BCUT2D eigenvalue weighted by Gasteiger charge is 2.30. The Morgan fingerprint density at radius 3 is 2.45 bits per heavy atom. The van der Waals surface area contributed by atoms with Gasteiger partial charge in [0.2, 0.25) is 0 Å².